The summed E-state index contributed by atoms with van der Waals surface area (Å²) in [5.41, 5.74) is 0. The summed E-state index contributed by atoms with van der Waals surface area (Å²) in [7, 11) is 3.82. The largest absolute Gasteiger partial charge is 0.381 e. The average Bonchev–Trinajstić information content (AvgIpc) is 2.35. The summed E-state index contributed by atoms with van der Waals surface area (Å²) in [5, 5.41) is 3.09. The topological polar surface area (TPSA) is 41.6 Å². The molecule has 0 saturated carbocycles. The number of carbonyl (C=O) groups excluding carboxylic acids is 1. The molecule has 4 nitrogen and oxygen atoms in total. The number of rotatable bonds is 5. The first-order chi connectivity index (χ1) is 7.70. The minimum absolute atomic E-state index is 0.109. The van der Waals surface area contributed by atoms with Crippen molar-refractivity contribution in [1.29, 1.82) is 0 Å². The summed E-state index contributed by atoms with van der Waals surface area (Å²) < 4.78 is 5.31. The third kappa shape index (κ3) is 3.46. The molecule has 1 aliphatic heterocycles. The number of amides is 1. The van der Waals surface area contributed by atoms with Gasteiger partial charge in [-0.3, -0.25) is 4.79 Å². The van der Waals surface area contributed by atoms with E-state index in [0.717, 1.165) is 39.0 Å². The molecule has 1 rings (SSSR count). The van der Waals surface area contributed by atoms with E-state index in [1.807, 2.05) is 19.0 Å². The van der Waals surface area contributed by atoms with Crippen LogP contribution in [-0.4, -0.2) is 50.7 Å². The molecule has 94 valence electrons. The number of nitrogens with zero attached hydrogens (tertiary/aromatic N) is 1. The Labute approximate surface area is 98.3 Å². The lowest BCUT2D eigenvalue weighted by atomic mass is 10.0. The van der Waals surface area contributed by atoms with E-state index in [2.05, 4.69) is 12.2 Å². The normalized spacial score (nSPS) is 19.4. The molecule has 1 saturated heterocycles. The van der Waals surface area contributed by atoms with Crippen molar-refractivity contribution < 1.29 is 9.53 Å². The van der Waals surface area contributed by atoms with E-state index in [1.165, 1.54) is 0 Å². The molecule has 0 aromatic carbocycles. The fraction of sp³-hybridized carbons (Fsp3) is 0.917. The van der Waals surface area contributed by atoms with E-state index in [4.69, 9.17) is 4.74 Å². The van der Waals surface area contributed by atoms with Crippen LogP contribution in [0.15, 0.2) is 0 Å². The zero-order valence-corrected chi connectivity index (χ0v) is 10.7. The third-order valence-corrected chi connectivity index (χ3v) is 3.38. The maximum Gasteiger partial charge on any atom is 0.226 e. The van der Waals surface area contributed by atoms with Gasteiger partial charge in [0.05, 0.1) is 5.92 Å². The summed E-state index contributed by atoms with van der Waals surface area (Å²) in [4.78, 5) is 14.1. The fourth-order valence-electron chi connectivity index (χ4n) is 2.19. The van der Waals surface area contributed by atoms with Crippen molar-refractivity contribution in [3.05, 3.63) is 0 Å². The summed E-state index contributed by atoms with van der Waals surface area (Å²) >= 11 is 0. The molecule has 1 heterocycles. The lowest BCUT2D eigenvalue weighted by molar-refractivity contribution is -0.138. The zero-order valence-electron chi connectivity index (χ0n) is 10.7. The molecule has 4 heteroatoms. The van der Waals surface area contributed by atoms with E-state index in [-0.39, 0.29) is 11.8 Å². The van der Waals surface area contributed by atoms with Gasteiger partial charge < -0.3 is 15.0 Å². The highest BCUT2D eigenvalue weighted by Gasteiger charge is 2.26. The molecule has 1 N–H and O–H groups in total. The molecule has 0 spiro atoms. The standard InChI is InChI=1S/C12H24N2O2/c1-4-10(9-13-2)12(15)14(3)11-5-7-16-8-6-11/h10-11,13H,4-9H2,1-3H3. The highest BCUT2D eigenvalue weighted by molar-refractivity contribution is 5.79. The van der Waals surface area contributed by atoms with E-state index in [9.17, 15) is 4.79 Å². The van der Waals surface area contributed by atoms with Gasteiger partial charge in [0.25, 0.3) is 0 Å². The van der Waals surface area contributed by atoms with Gasteiger partial charge in [-0.15, -0.1) is 0 Å². The number of nitrogens with one attached hydrogen (secondary N) is 1. The lowest BCUT2D eigenvalue weighted by Gasteiger charge is -2.33. The summed E-state index contributed by atoms with van der Waals surface area (Å²) in [6.07, 6.45) is 2.84. The highest BCUT2D eigenvalue weighted by Crippen LogP contribution is 2.16. The van der Waals surface area contributed by atoms with E-state index < -0.39 is 0 Å². The second-order valence-corrected chi connectivity index (χ2v) is 4.46. The molecule has 1 amide bonds. The molecule has 1 unspecified atom stereocenters. The van der Waals surface area contributed by atoms with E-state index >= 15 is 0 Å². The summed E-state index contributed by atoms with van der Waals surface area (Å²) in [6, 6.07) is 0.368. The summed E-state index contributed by atoms with van der Waals surface area (Å²) in [6.45, 7) is 4.40. The molecular formula is C12H24N2O2. The predicted octanol–water partition coefficient (Wildman–Crippen LogP) is 0.869. The van der Waals surface area contributed by atoms with E-state index in [0.29, 0.717) is 6.04 Å². The van der Waals surface area contributed by atoms with Crippen LogP contribution < -0.4 is 5.32 Å². The van der Waals surface area contributed by atoms with Crippen LogP contribution in [0.3, 0.4) is 0 Å². The van der Waals surface area contributed by atoms with Crippen LogP contribution in [0.25, 0.3) is 0 Å². The maximum atomic E-state index is 12.2. The van der Waals surface area contributed by atoms with Gasteiger partial charge in [0, 0.05) is 32.8 Å². The fourth-order valence-corrected chi connectivity index (χ4v) is 2.19. The van der Waals surface area contributed by atoms with Crippen molar-refractivity contribution in [2.75, 3.05) is 33.9 Å². The van der Waals surface area contributed by atoms with Gasteiger partial charge in [-0.2, -0.15) is 0 Å². The molecular weight excluding hydrogens is 204 g/mol. The van der Waals surface area contributed by atoms with Crippen molar-refractivity contribution in [1.82, 2.24) is 10.2 Å². The molecule has 0 bridgehead atoms. The summed E-state index contributed by atoms with van der Waals surface area (Å²) in [5.74, 6) is 0.376. The Morgan fingerprint density at radius 3 is 2.62 bits per heavy atom. The second-order valence-electron chi connectivity index (χ2n) is 4.46. The Bertz CT molecular complexity index is 215. The number of hydrogen-bond acceptors (Lipinski definition) is 3. The molecule has 1 aliphatic rings. The highest BCUT2D eigenvalue weighted by atomic mass is 16.5. The average molecular weight is 228 g/mol. The quantitative estimate of drug-likeness (QED) is 0.759. The molecule has 0 aromatic heterocycles. The van der Waals surface area contributed by atoms with Crippen LogP contribution in [-0.2, 0) is 9.53 Å². The first-order valence-corrected chi connectivity index (χ1v) is 6.19. The van der Waals surface area contributed by atoms with Crippen LogP contribution in [0.2, 0.25) is 0 Å². The Balaban J connectivity index is 2.49. The third-order valence-electron chi connectivity index (χ3n) is 3.38. The second kappa shape index (κ2) is 6.86. The van der Waals surface area contributed by atoms with Gasteiger partial charge in [-0.1, -0.05) is 6.92 Å². The van der Waals surface area contributed by atoms with Crippen molar-refractivity contribution in [3.8, 4) is 0 Å². The van der Waals surface area contributed by atoms with Crippen molar-refractivity contribution in [2.24, 2.45) is 5.92 Å². The molecule has 0 aromatic rings. The Morgan fingerprint density at radius 2 is 2.12 bits per heavy atom. The molecule has 1 fully saturated rings. The smallest absolute Gasteiger partial charge is 0.226 e. The molecule has 0 aliphatic carbocycles. The van der Waals surface area contributed by atoms with Gasteiger partial charge in [0.2, 0.25) is 5.91 Å². The predicted molar refractivity (Wildman–Crippen MR) is 64.3 cm³/mol. The maximum absolute atomic E-state index is 12.2. The Kier molecular flexibility index (Phi) is 5.77. The monoisotopic (exact) mass is 228 g/mol. The van der Waals surface area contributed by atoms with Crippen LogP contribution in [0.1, 0.15) is 26.2 Å². The van der Waals surface area contributed by atoms with Crippen LogP contribution >= 0.6 is 0 Å². The lowest BCUT2D eigenvalue weighted by Crippen LogP contribution is -2.45. The van der Waals surface area contributed by atoms with Gasteiger partial charge >= 0.3 is 0 Å². The first kappa shape index (κ1) is 13.5. The van der Waals surface area contributed by atoms with E-state index in [1.54, 1.807) is 0 Å². The minimum Gasteiger partial charge on any atom is -0.381 e. The van der Waals surface area contributed by atoms with Crippen LogP contribution in [0.5, 0.6) is 0 Å². The first-order valence-electron chi connectivity index (χ1n) is 6.19. The Morgan fingerprint density at radius 1 is 1.50 bits per heavy atom. The number of ether oxygens (including phenoxy) is 1. The van der Waals surface area contributed by atoms with Crippen LogP contribution in [0.4, 0.5) is 0 Å². The van der Waals surface area contributed by atoms with Gasteiger partial charge in [0.15, 0.2) is 0 Å². The van der Waals surface area contributed by atoms with Crippen LogP contribution in [0, 0.1) is 5.92 Å². The molecule has 1 atom stereocenters. The number of hydrogen-bond donors (Lipinski definition) is 1. The van der Waals surface area contributed by atoms with Crippen molar-refractivity contribution in [3.63, 3.8) is 0 Å². The minimum atomic E-state index is 0.109. The van der Waals surface area contributed by atoms with Crippen molar-refractivity contribution >= 4 is 5.91 Å². The SMILES string of the molecule is CCC(CNC)C(=O)N(C)C1CCOCC1. The van der Waals surface area contributed by atoms with Gasteiger partial charge in [0.1, 0.15) is 0 Å². The van der Waals surface area contributed by atoms with Crippen molar-refractivity contribution in [2.45, 2.75) is 32.2 Å². The number of carbonyl (C=O) groups is 1. The Hall–Kier alpha value is -0.610. The van der Waals surface area contributed by atoms with Gasteiger partial charge in [-0.05, 0) is 26.3 Å². The van der Waals surface area contributed by atoms with Gasteiger partial charge in [-0.25, -0.2) is 0 Å². The molecule has 0 radical (unpaired) electrons. The molecule has 16 heavy (non-hydrogen) atoms. The zero-order chi connectivity index (χ0) is 12.0.